The Kier molecular flexibility index (Phi) is 9.41. The van der Waals surface area contributed by atoms with Gasteiger partial charge in [0.15, 0.2) is 0 Å². The maximum atomic E-state index is 13.5. The number of amides is 3. The van der Waals surface area contributed by atoms with Crippen molar-refractivity contribution in [3.8, 4) is 0 Å². The van der Waals surface area contributed by atoms with Crippen LogP contribution in [0.4, 0.5) is 10.5 Å². The van der Waals surface area contributed by atoms with Crippen LogP contribution in [0.5, 0.6) is 0 Å². The first-order chi connectivity index (χ1) is 15.8. The zero-order valence-corrected chi connectivity index (χ0v) is 22.0. The normalized spacial score (nSPS) is 12.9. The number of alkyl carbamates (subject to hydrolysis) is 1. The third-order valence-corrected chi connectivity index (χ3v) is 5.66. The number of rotatable bonds is 7. The second kappa shape index (κ2) is 11.6. The maximum Gasteiger partial charge on any atom is 0.408 e. The number of thiol groups is 1. The van der Waals surface area contributed by atoms with Crippen molar-refractivity contribution in [2.24, 2.45) is 0 Å². The molecule has 2 atom stereocenters. The summed E-state index contributed by atoms with van der Waals surface area (Å²) >= 11 is 10.5. The number of para-hydroxylation sites is 1. The lowest BCUT2D eigenvalue weighted by atomic mass is 10.0. The molecule has 0 spiro atoms. The van der Waals surface area contributed by atoms with E-state index in [1.807, 2.05) is 38.1 Å². The second-order valence-corrected chi connectivity index (χ2v) is 9.84. The largest absolute Gasteiger partial charge is 0.444 e. The van der Waals surface area contributed by atoms with Crippen molar-refractivity contribution in [3.63, 3.8) is 0 Å². The Morgan fingerprint density at radius 3 is 2.32 bits per heavy atom. The Hall–Kier alpha value is -2.71. The second-order valence-electron chi connectivity index (χ2n) is 9.07. The summed E-state index contributed by atoms with van der Waals surface area (Å²) in [5.74, 6) is -0.903. The highest BCUT2D eigenvalue weighted by Crippen LogP contribution is 2.29. The maximum absolute atomic E-state index is 13.5. The average molecular weight is 506 g/mol. The number of anilines is 1. The van der Waals surface area contributed by atoms with Crippen LogP contribution in [0.3, 0.4) is 0 Å². The summed E-state index contributed by atoms with van der Waals surface area (Å²) in [7, 11) is 1.52. The number of halogens is 1. The van der Waals surface area contributed by atoms with E-state index in [0.717, 1.165) is 11.1 Å². The molecule has 9 heteroatoms. The van der Waals surface area contributed by atoms with Crippen molar-refractivity contribution in [1.29, 1.82) is 0 Å². The first-order valence-corrected chi connectivity index (χ1v) is 11.8. The van der Waals surface area contributed by atoms with Gasteiger partial charge in [0.1, 0.15) is 17.7 Å². The number of carbonyl (C=O) groups is 3. The van der Waals surface area contributed by atoms with Crippen molar-refractivity contribution >= 4 is 47.8 Å². The number of carbonyl (C=O) groups excluding carboxylic acids is 3. The molecule has 0 aliphatic heterocycles. The van der Waals surface area contributed by atoms with Crippen molar-refractivity contribution < 1.29 is 19.1 Å². The van der Waals surface area contributed by atoms with Gasteiger partial charge in [-0.1, -0.05) is 53.6 Å². The molecule has 2 unspecified atom stereocenters. The minimum atomic E-state index is -0.995. The molecule has 7 nitrogen and oxygen atoms in total. The molecule has 0 aromatic heterocycles. The highest BCUT2D eigenvalue weighted by atomic mass is 35.5. The molecule has 0 radical (unpaired) electrons. The van der Waals surface area contributed by atoms with Crippen molar-refractivity contribution in [2.75, 3.05) is 18.1 Å². The molecule has 0 heterocycles. The number of aryl methyl sites for hydroxylation is 2. The summed E-state index contributed by atoms with van der Waals surface area (Å²) in [6.45, 7) is 8.92. The first kappa shape index (κ1) is 27.5. The lowest BCUT2D eigenvalue weighted by Gasteiger charge is -2.31. The number of nitrogens with one attached hydrogen (secondary N) is 2. The fourth-order valence-electron chi connectivity index (χ4n) is 3.38. The summed E-state index contributed by atoms with van der Waals surface area (Å²) in [5, 5.41) is 5.81. The van der Waals surface area contributed by atoms with E-state index in [4.69, 9.17) is 16.3 Å². The highest BCUT2D eigenvalue weighted by molar-refractivity contribution is 7.80. The van der Waals surface area contributed by atoms with Gasteiger partial charge in [-0.2, -0.15) is 12.6 Å². The van der Waals surface area contributed by atoms with Gasteiger partial charge < -0.3 is 20.3 Å². The Labute approximate surface area is 211 Å². The third-order valence-electron chi connectivity index (χ3n) is 4.98. The molecule has 2 aromatic rings. The molecule has 0 saturated carbocycles. The smallest absolute Gasteiger partial charge is 0.408 e. The van der Waals surface area contributed by atoms with Gasteiger partial charge in [-0.15, -0.1) is 0 Å². The summed E-state index contributed by atoms with van der Waals surface area (Å²) in [5.41, 5.74) is 2.09. The molecular weight excluding hydrogens is 474 g/mol. The Balaban J connectivity index is 2.37. The number of likely N-dealkylation sites (N-methyl/N-ethyl adjacent to an activating group) is 1. The Bertz CT molecular complexity index is 1030. The van der Waals surface area contributed by atoms with Gasteiger partial charge >= 0.3 is 6.09 Å². The molecule has 34 heavy (non-hydrogen) atoms. The Morgan fingerprint density at radius 2 is 1.76 bits per heavy atom. The van der Waals surface area contributed by atoms with Crippen molar-refractivity contribution in [1.82, 2.24) is 10.2 Å². The van der Waals surface area contributed by atoms with Gasteiger partial charge in [-0.25, -0.2) is 4.79 Å². The van der Waals surface area contributed by atoms with Crippen molar-refractivity contribution in [2.45, 2.75) is 52.3 Å². The first-order valence-electron chi connectivity index (χ1n) is 10.8. The molecule has 0 aliphatic rings. The molecule has 2 rings (SSSR count). The predicted octanol–water partition coefficient (Wildman–Crippen LogP) is 4.92. The molecule has 3 amide bonds. The van der Waals surface area contributed by atoms with Gasteiger partial charge in [0.05, 0.1) is 10.7 Å². The molecule has 0 aliphatic carbocycles. The minimum Gasteiger partial charge on any atom is -0.444 e. The summed E-state index contributed by atoms with van der Waals surface area (Å²) in [6, 6.07) is 10.7. The lowest BCUT2D eigenvalue weighted by molar-refractivity contribution is -0.138. The SMILES string of the molecule is Cc1cccc(C(C(=O)Nc2c(C)cccc2Cl)N(C)C(=O)C(CS)NC(=O)OC(C)(C)C)c1. The fraction of sp³-hybridized carbons (Fsp3) is 0.400. The van der Waals surface area contributed by atoms with Gasteiger partial charge in [0.2, 0.25) is 5.91 Å². The molecule has 184 valence electrons. The lowest BCUT2D eigenvalue weighted by Crippen LogP contribution is -2.52. The standard InChI is InChI=1S/C25H32ClN3O4S/c1-15-9-7-11-17(13-15)21(22(30)28-20-16(2)10-8-12-18(20)26)29(6)23(31)19(14-34)27-24(32)33-25(3,4)5/h7-13,19,21,34H,14H2,1-6H3,(H,27,32)(H,28,30). The molecule has 2 N–H and O–H groups in total. The molecular formula is C25H32ClN3O4S. The van der Waals surface area contributed by atoms with Crippen molar-refractivity contribution in [3.05, 3.63) is 64.2 Å². The van der Waals surface area contributed by atoms with E-state index >= 15 is 0 Å². The van der Waals surface area contributed by atoms with E-state index < -0.39 is 35.6 Å². The number of ether oxygens (including phenoxy) is 1. The van der Waals surface area contributed by atoms with Crippen LogP contribution in [-0.2, 0) is 14.3 Å². The fourth-order valence-corrected chi connectivity index (χ4v) is 3.90. The van der Waals surface area contributed by atoms with Gasteiger partial charge in [-0.05, 0) is 51.8 Å². The summed E-state index contributed by atoms with van der Waals surface area (Å²) in [6.07, 6.45) is -0.739. The highest BCUT2D eigenvalue weighted by Gasteiger charge is 2.34. The predicted molar refractivity (Wildman–Crippen MR) is 139 cm³/mol. The van der Waals surface area contributed by atoms with Gasteiger partial charge in [0, 0.05) is 12.8 Å². The van der Waals surface area contributed by atoms with Crippen LogP contribution in [0.15, 0.2) is 42.5 Å². The number of hydrogen-bond donors (Lipinski definition) is 3. The average Bonchev–Trinajstić information content (AvgIpc) is 2.73. The van der Waals surface area contributed by atoms with Gasteiger partial charge in [0.25, 0.3) is 5.91 Å². The van der Waals surface area contributed by atoms with Crippen LogP contribution in [0.1, 0.15) is 43.5 Å². The molecule has 0 bridgehead atoms. The molecule has 2 aromatic carbocycles. The number of hydrogen-bond acceptors (Lipinski definition) is 5. The van der Waals surface area contributed by atoms with Gasteiger partial charge in [-0.3, -0.25) is 9.59 Å². The minimum absolute atomic E-state index is 0.0220. The van der Waals surface area contributed by atoms with E-state index in [-0.39, 0.29) is 5.75 Å². The number of benzene rings is 2. The van der Waals surface area contributed by atoms with E-state index in [9.17, 15) is 14.4 Å². The topological polar surface area (TPSA) is 87.7 Å². The van der Waals surface area contributed by atoms with Crippen LogP contribution < -0.4 is 10.6 Å². The quantitative estimate of drug-likeness (QED) is 0.466. The van der Waals surface area contributed by atoms with Crippen LogP contribution in [0, 0.1) is 13.8 Å². The van der Waals surface area contributed by atoms with E-state index in [2.05, 4.69) is 23.3 Å². The summed E-state index contributed by atoms with van der Waals surface area (Å²) < 4.78 is 5.26. The van der Waals surface area contributed by atoms with Crippen LogP contribution >= 0.6 is 24.2 Å². The number of nitrogens with zero attached hydrogens (tertiary/aromatic N) is 1. The molecule has 0 saturated heterocycles. The van der Waals surface area contributed by atoms with Crippen LogP contribution in [-0.4, -0.2) is 47.3 Å². The van der Waals surface area contributed by atoms with Crippen LogP contribution in [0.25, 0.3) is 0 Å². The van der Waals surface area contributed by atoms with E-state index in [0.29, 0.717) is 16.3 Å². The Morgan fingerprint density at radius 1 is 1.12 bits per heavy atom. The zero-order chi connectivity index (χ0) is 25.6. The monoisotopic (exact) mass is 505 g/mol. The van der Waals surface area contributed by atoms with E-state index in [1.165, 1.54) is 11.9 Å². The summed E-state index contributed by atoms with van der Waals surface area (Å²) in [4.78, 5) is 40.4. The molecule has 0 fully saturated rings. The van der Waals surface area contributed by atoms with Crippen LogP contribution in [0.2, 0.25) is 5.02 Å². The zero-order valence-electron chi connectivity index (χ0n) is 20.3. The van der Waals surface area contributed by atoms with E-state index in [1.54, 1.807) is 39.0 Å². The third kappa shape index (κ3) is 7.40.